The highest BCUT2D eigenvalue weighted by molar-refractivity contribution is 6.74. The summed E-state index contributed by atoms with van der Waals surface area (Å²) in [5.74, 6) is -17.9. The molecule has 0 saturated heterocycles. The van der Waals surface area contributed by atoms with E-state index in [0.717, 1.165) is 25.0 Å². The molecular formula is C35H53F9O3Si. The van der Waals surface area contributed by atoms with Crippen LogP contribution in [0.4, 0.5) is 39.5 Å². The molecule has 0 spiro atoms. The van der Waals surface area contributed by atoms with Crippen LogP contribution in [0.2, 0.25) is 18.1 Å². The van der Waals surface area contributed by atoms with Crippen LogP contribution in [0.15, 0.2) is 48.6 Å². The van der Waals surface area contributed by atoms with Gasteiger partial charge in [0.2, 0.25) is 0 Å². The van der Waals surface area contributed by atoms with E-state index in [2.05, 4.69) is 72.0 Å². The zero-order valence-electron chi connectivity index (χ0n) is 29.5. The van der Waals surface area contributed by atoms with Crippen LogP contribution < -0.4 is 4.74 Å². The van der Waals surface area contributed by atoms with Crippen LogP contribution in [0.3, 0.4) is 0 Å². The topological polar surface area (TPSA) is 27.7 Å². The largest absolute Gasteiger partial charge is 0.494 e. The van der Waals surface area contributed by atoms with E-state index in [9.17, 15) is 39.5 Å². The SMILES string of the molecule is C[C@H](C/C=C/[C@@H](C)C/C=C/[C@H](C)[C@H](C)OCc1ccc(OCCCC(F)(F)C(F)(F)C(F)(F)C(F)(F)F)cc1)CO[Si](C)(C)C(C)(C)C. The van der Waals surface area contributed by atoms with Gasteiger partial charge in [-0.2, -0.15) is 39.5 Å². The Morgan fingerprint density at radius 3 is 1.88 bits per heavy atom. The van der Waals surface area contributed by atoms with E-state index in [1.165, 1.54) is 12.1 Å². The lowest BCUT2D eigenvalue weighted by molar-refractivity contribution is -0.396. The van der Waals surface area contributed by atoms with Crippen molar-refractivity contribution in [3.63, 3.8) is 0 Å². The number of allylic oxidation sites excluding steroid dienone is 3. The summed E-state index contributed by atoms with van der Waals surface area (Å²) in [6.45, 7) is 20.1. The predicted molar refractivity (Wildman–Crippen MR) is 174 cm³/mol. The lowest BCUT2D eigenvalue weighted by Crippen LogP contribution is -2.60. The Morgan fingerprint density at radius 2 is 1.33 bits per heavy atom. The van der Waals surface area contributed by atoms with E-state index in [0.29, 0.717) is 11.8 Å². The monoisotopic (exact) mass is 720 g/mol. The van der Waals surface area contributed by atoms with E-state index in [1.807, 2.05) is 13.8 Å². The number of hydrogen-bond acceptors (Lipinski definition) is 3. The number of halogens is 9. The van der Waals surface area contributed by atoms with Gasteiger partial charge >= 0.3 is 23.9 Å². The average molecular weight is 721 g/mol. The minimum Gasteiger partial charge on any atom is -0.494 e. The van der Waals surface area contributed by atoms with Crippen LogP contribution in [-0.4, -0.2) is 51.6 Å². The molecular weight excluding hydrogens is 667 g/mol. The Hall–Kier alpha value is -1.99. The highest BCUT2D eigenvalue weighted by atomic mass is 28.4. The molecule has 0 aliphatic carbocycles. The van der Waals surface area contributed by atoms with Crippen LogP contribution >= 0.6 is 0 Å². The van der Waals surface area contributed by atoms with Crippen molar-refractivity contribution in [3.8, 4) is 5.75 Å². The Labute approximate surface area is 281 Å². The molecule has 0 radical (unpaired) electrons. The molecule has 0 amide bonds. The van der Waals surface area contributed by atoms with Crippen molar-refractivity contribution in [3.05, 3.63) is 54.1 Å². The van der Waals surface area contributed by atoms with Crippen molar-refractivity contribution in [1.82, 2.24) is 0 Å². The van der Waals surface area contributed by atoms with Gasteiger partial charge in [-0.1, -0.05) is 78.0 Å². The minimum atomic E-state index is -6.88. The van der Waals surface area contributed by atoms with E-state index in [-0.39, 0.29) is 29.4 Å². The number of hydrogen-bond donors (Lipinski definition) is 0. The summed E-state index contributed by atoms with van der Waals surface area (Å²) in [5, 5.41) is 0.197. The molecule has 0 saturated carbocycles. The molecule has 4 atom stereocenters. The van der Waals surface area contributed by atoms with E-state index in [4.69, 9.17) is 13.9 Å². The fourth-order valence-electron chi connectivity index (χ4n) is 4.03. The first-order valence-corrected chi connectivity index (χ1v) is 19.2. The second-order valence-electron chi connectivity index (χ2n) is 14.3. The van der Waals surface area contributed by atoms with Gasteiger partial charge in [-0.3, -0.25) is 0 Å². The third kappa shape index (κ3) is 13.0. The number of rotatable bonds is 20. The molecule has 278 valence electrons. The number of ether oxygens (including phenoxy) is 2. The highest BCUT2D eigenvalue weighted by Crippen LogP contribution is 2.54. The maximum atomic E-state index is 13.7. The molecule has 1 aromatic rings. The van der Waals surface area contributed by atoms with Gasteiger partial charge in [-0.15, -0.1) is 0 Å². The molecule has 0 fully saturated rings. The summed E-state index contributed by atoms with van der Waals surface area (Å²) < 4.78 is 134. The van der Waals surface area contributed by atoms with E-state index >= 15 is 0 Å². The summed E-state index contributed by atoms with van der Waals surface area (Å²) in [4.78, 5) is 0. The molecule has 0 N–H and O–H groups in total. The van der Waals surface area contributed by atoms with Crippen molar-refractivity contribution < 1.29 is 53.4 Å². The lowest BCUT2D eigenvalue weighted by Gasteiger charge is -2.36. The second kappa shape index (κ2) is 17.8. The van der Waals surface area contributed by atoms with Crippen LogP contribution in [0, 0.1) is 17.8 Å². The van der Waals surface area contributed by atoms with Crippen molar-refractivity contribution in [1.29, 1.82) is 0 Å². The maximum Gasteiger partial charge on any atom is 0.460 e. The fourth-order valence-corrected chi connectivity index (χ4v) is 5.17. The van der Waals surface area contributed by atoms with Crippen LogP contribution in [0.5, 0.6) is 5.75 Å². The molecule has 0 heterocycles. The maximum absolute atomic E-state index is 13.7. The van der Waals surface area contributed by atoms with Gasteiger partial charge in [0.15, 0.2) is 8.32 Å². The van der Waals surface area contributed by atoms with Gasteiger partial charge in [0, 0.05) is 13.0 Å². The second-order valence-corrected chi connectivity index (χ2v) is 19.1. The Morgan fingerprint density at radius 1 is 0.771 bits per heavy atom. The molecule has 48 heavy (non-hydrogen) atoms. The Bertz CT molecular complexity index is 1140. The molecule has 0 aliphatic heterocycles. The minimum absolute atomic E-state index is 0.103. The first kappa shape index (κ1) is 44.0. The zero-order chi connectivity index (χ0) is 37.2. The molecule has 0 bridgehead atoms. The smallest absolute Gasteiger partial charge is 0.460 e. The van der Waals surface area contributed by atoms with Gasteiger partial charge < -0.3 is 13.9 Å². The molecule has 13 heteroatoms. The summed E-state index contributed by atoms with van der Waals surface area (Å²) in [6, 6.07) is 6.25. The lowest BCUT2D eigenvalue weighted by atomic mass is 10.00. The molecule has 1 aromatic carbocycles. The predicted octanol–water partition coefficient (Wildman–Crippen LogP) is 12.0. The quantitative estimate of drug-likeness (QED) is 0.0581. The average Bonchev–Trinajstić information content (AvgIpc) is 2.96. The molecule has 0 aliphatic rings. The van der Waals surface area contributed by atoms with Crippen molar-refractivity contribution >= 4 is 8.32 Å². The van der Waals surface area contributed by atoms with Gasteiger partial charge in [0.25, 0.3) is 0 Å². The molecule has 3 nitrogen and oxygen atoms in total. The van der Waals surface area contributed by atoms with Gasteiger partial charge in [0.1, 0.15) is 5.75 Å². The number of alkyl halides is 9. The van der Waals surface area contributed by atoms with Crippen LogP contribution in [0.1, 0.15) is 79.7 Å². The normalized spacial score (nSPS) is 16.8. The molecule has 0 unspecified atom stereocenters. The third-order valence-corrected chi connectivity index (χ3v) is 13.3. The Kier molecular flexibility index (Phi) is 16.3. The number of benzene rings is 1. The zero-order valence-corrected chi connectivity index (χ0v) is 30.5. The Balaban J connectivity index is 2.43. The van der Waals surface area contributed by atoms with Gasteiger partial charge in [0.05, 0.1) is 19.3 Å². The summed E-state index contributed by atoms with van der Waals surface area (Å²) in [7, 11) is -1.74. The van der Waals surface area contributed by atoms with Crippen LogP contribution in [-0.2, 0) is 15.8 Å². The van der Waals surface area contributed by atoms with Crippen molar-refractivity contribution in [2.45, 2.75) is 129 Å². The van der Waals surface area contributed by atoms with Gasteiger partial charge in [-0.05, 0) is 79.8 Å². The molecule has 1 rings (SSSR count). The van der Waals surface area contributed by atoms with E-state index in [1.54, 1.807) is 12.1 Å². The van der Waals surface area contributed by atoms with Gasteiger partial charge in [-0.25, -0.2) is 0 Å². The van der Waals surface area contributed by atoms with Crippen molar-refractivity contribution in [2.24, 2.45) is 17.8 Å². The van der Waals surface area contributed by atoms with E-state index < -0.39 is 51.7 Å². The summed E-state index contributed by atoms with van der Waals surface area (Å²) in [5.41, 5.74) is 0.772. The first-order valence-electron chi connectivity index (χ1n) is 16.3. The van der Waals surface area contributed by atoms with Crippen molar-refractivity contribution in [2.75, 3.05) is 13.2 Å². The third-order valence-electron chi connectivity index (χ3n) is 8.78. The summed E-state index contributed by atoms with van der Waals surface area (Å²) >= 11 is 0. The highest BCUT2D eigenvalue weighted by Gasteiger charge is 2.81. The molecule has 0 aromatic heterocycles. The summed E-state index contributed by atoms with van der Waals surface area (Å²) in [6.07, 6.45) is 0.851. The van der Waals surface area contributed by atoms with Crippen LogP contribution in [0.25, 0.3) is 0 Å². The fraction of sp³-hybridized carbons (Fsp3) is 0.714. The first-order chi connectivity index (χ1) is 21.7. The standard InChI is InChI=1S/C35H53F9O3Si/c1-25(13-10-15-26(2)23-47-48(8,9)31(5,6)7)14-11-16-27(3)28(4)46-24-29-17-19-30(20-18-29)45-22-12-21-32(36,37)33(38,39)34(40,41)35(42,43)44/h10-11,13,16-20,25-28H,12,14-15,21-24H2,1-9H3/b13-10+,16-11+/t25-,26-,27+,28+/m1/s1.